The molecule has 1 aliphatic rings. The van der Waals surface area contributed by atoms with Crippen molar-refractivity contribution in [3.05, 3.63) is 47.3 Å². The number of hydrogen-bond donors (Lipinski definition) is 2. The lowest BCUT2D eigenvalue weighted by Gasteiger charge is -2.27. The Bertz CT molecular complexity index is 961. The van der Waals surface area contributed by atoms with Crippen LogP contribution in [0, 0.1) is 24.1 Å². The number of hydrogen-bond acceptors (Lipinski definition) is 6. The Kier molecular flexibility index (Phi) is 5.23. The fraction of sp³-hybridized carbons (Fsp3) is 0.235. The van der Waals surface area contributed by atoms with Crippen molar-refractivity contribution >= 4 is 29.6 Å². The lowest BCUT2D eigenvalue weighted by Crippen LogP contribution is -2.41. The number of fused-ring (bicyclic) bond motifs is 1. The van der Waals surface area contributed by atoms with Crippen molar-refractivity contribution < 1.29 is 14.0 Å². The average Bonchev–Trinajstić information content (AvgIpc) is 2.62. The van der Waals surface area contributed by atoms with Crippen LogP contribution in [0.2, 0.25) is 0 Å². The fourth-order valence-electron chi connectivity index (χ4n) is 2.40. The summed E-state index contributed by atoms with van der Waals surface area (Å²) in [5, 5.41) is 14.2. The minimum absolute atomic E-state index is 0.230. The molecule has 2 aromatic rings. The maximum absolute atomic E-state index is 13.4. The molecule has 0 radical (unpaired) electrons. The Labute approximate surface area is 158 Å². The summed E-state index contributed by atoms with van der Waals surface area (Å²) in [5.41, 5.74) is 1.38. The number of nitriles is 1. The third-order valence-corrected chi connectivity index (χ3v) is 4.84. The van der Waals surface area contributed by atoms with Gasteiger partial charge >= 0.3 is 6.03 Å². The number of aromatic nitrogens is 2. The largest absolute Gasteiger partial charge is 0.345 e. The second-order valence-electron chi connectivity index (χ2n) is 5.83. The summed E-state index contributed by atoms with van der Waals surface area (Å²) in [4.78, 5) is 33.2. The van der Waals surface area contributed by atoms with E-state index in [0.29, 0.717) is 27.7 Å². The van der Waals surface area contributed by atoms with Crippen LogP contribution in [0.1, 0.15) is 30.0 Å². The molecule has 138 valence electrons. The third kappa shape index (κ3) is 4.15. The van der Waals surface area contributed by atoms with Gasteiger partial charge in [0.15, 0.2) is 5.82 Å². The highest BCUT2D eigenvalue weighted by molar-refractivity contribution is 7.97. The average molecular weight is 386 g/mol. The molecule has 1 aromatic heterocycles. The van der Waals surface area contributed by atoms with Crippen LogP contribution in [-0.4, -0.2) is 32.8 Å². The first kappa shape index (κ1) is 18.6. The van der Waals surface area contributed by atoms with Gasteiger partial charge in [-0.25, -0.2) is 19.2 Å². The van der Waals surface area contributed by atoms with Crippen LogP contribution >= 0.6 is 11.9 Å². The van der Waals surface area contributed by atoms with Crippen molar-refractivity contribution in [2.45, 2.75) is 24.8 Å². The van der Waals surface area contributed by atoms with Crippen molar-refractivity contribution in [2.75, 3.05) is 11.9 Å². The molecular weight excluding hydrogens is 371 g/mol. The van der Waals surface area contributed by atoms with E-state index in [-0.39, 0.29) is 6.54 Å². The lowest BCUT2D eigenvalue weighted by molar-refractivity contribution is -0.121. The number of nitrogens with zero attached hydrogens (tertiary/aromatic N) is 4. The predicted octanol–water partition coefficient (Wildman–Crippen LogP) is 2.53. The summed E-state index contributed by atoms with van der Waals surface area (Å²) >= 11 is 0.991. The minimum atomic E-state index is -0.508. The molecule has 0 saturated carbocycles. The number of rotatable bonds is 4. The molecule has 1 unspecified atom stereocenters. The van der Waals surface area contributed by atoms with E-state index in [1.807, 2.05) is 6.07 Å². The number of benzene rings is 1. The van der Waals surface area contributed by atoms with E-state index in [9.17, 15) is 14.0 Å². The summed E-state index contributed by atoms with van der Waals surface area (Å²) in [7, 11) is 0. The van der Waals surface area contributed by atoms with Gasteiger partial charge in [0.05, 0.1) is 27.9 Å². The van der Waals surface area contributed by atoms with Crippen LogP contribution in [0.15, 0.2) is 29.3 Å². The molecule has 0 spiro atoms. The smallest absolute Gasteiger partial charge is 0.332 e. The molecule has 1 aliphatic heterocycles. The number of aryl methyl sites for hydroxylation is 1. The SMILES string of the molecule is Cc1nc(C(C)NC(=O)CN2Sc3cc(F)ccc3NC2=O)ncc1C#N. The molecule has 2 heterocycles. The summed E-state index contributed by atoms with van der Waals surface area (Å²) < 4.78 is 14.6. The van der Waals surface area contributed by atoms with Gasteiger partial charge in [0.1, 0.15) is 18.4 Å². The molecule has 0 bridgehead atoms. The number of carbonyl (C=O) groups excluding carboxylic acids is 2. The van der Waals surface area contributed by atoms with E-state index >= 15 is 0 Å². The minimum Gasteiger partial charge on any atom is -0.345 e. The van der Waals surface area contributed by atoms with Gasteiger partial charge in [-0.3, -0.25) is 9.10 Å². The summed E-state index contributed by atoms with van der Waals surface area (Å²) in [6.45, 7) is 3.16. The molecule has 0 fully saturated rings. The van der Waals surface area contributed by atoms with Gasteiger partial charge < -0.3 is 10.6 Å². The quantitative estimate of drug-likeness (QED) is 0.781. The van der Waals surface area contributed by atoms with Crippen molar-refractivity contribution in [1.29, 1.82) is 5.26 Å². The zero-order chi connectivity index (χ0) is 19.6. The molecule has 1 aromatic carbocycles. The number of halogens is 1. The molecule has 1 atom stereocenters. The second kappa shape index (κ2) is 7.59. The van der Waals surface area contributed by atoms with Gasteiger partial charge in [-0.15, -0.1) is 0 Å². The standard InChI is InChI=1S/C17H15FN6O2S/c1-9-11(6-19)7-20-16(22-9)10(2)21-15(25)8-24-17(26)23-13-4-3-12(18)5-14(13)27-24/h3-5,7,10H,8H2,1-2H3,(H,21,25)(H,23,26). The molecule has 3 rings (SSSR count). The van der Waals surface area contributed by atoms with E-state index in [1.54, 1.807) is 13.8 Å². The first-order chi connectivity index (χ1) is 12.9. The van der Waals surface area contributed by atoms with E-state index < -0.39 is 23.8 Å². The van der Waals surface area contributed by atoms with Gasteiger partial charge in [-0.1, -0.05) is 0 Å². The molecule has 10 heteroatoms. The number of anilines is 1. The third-order valence-electron chi connectivity index (χ3n) is 3.79. The van der Waals surface area contributed by atoms with Crippen LogP contribution < -0.4 is 10.6 Å². The zero-order valence-corrected chi connectivity index (χ0v) is 15.3. The van der Waals surface area contributed by atoms with Crippen molar-refractivity contribution in [3.8, 4) is 6.07 Å². The van der Waals surface area contributed by atoms with Gasteiger partial charge in [-0.2, -0.15) is 5.26 Å². The monoisotopic (exact) mass is 386 g/mol. The van der Waals surface area contributed by atoms with Crippen molar-refractivity contribution in [3.63, 3.8) is 0 Å². The van der Waals surface area contributed by atoms with E-state index in [4.69, 9.17) is 5.26 Å². The van der Waals surface area contributed by atoms with Crippen LogP contribution in [0.4, 0.5) is 14.9 Å². The number of amides is 3. The number of carbonyl (C=O) groups is 2. The zero-order valence-electron chi connectivity index (χ0n) is 14.5. The van der Waals surface area contributed by atoms with Crippen LogP contribution in [0.25, 0.3) is 0 Å². The van der Waals surface area contributed by atoms with Crippen molar-refractivity contribution in [1.82, 2.24) is 19.6 Å². The predicted molar refractivity (Wildman–Crippen MR) is 96.0 cm³/mol. The molecule has 2 N–H and O–H groups in total. The molecule has 27 heavy (non-hydrogen) atoms. The highest BCUT2D eigenvalue weighted by Crippen LogP contribution is 2.35. The van der Waals surface area contributed by atoms with Gasteiger partial charge in [-0.05, 0) is 44.0 Å². The molecule has 0 saturated heterocycles. The van der Waals surface area contributed by atoms with E-state index in [2.05, 4.69) is 20.6 Å². The molecule has 3 amide bonds. The number of urea groups is 1. The van der Waals surface area contributed by atoms with Gasteiger partial charge in [0.25, 0.3) is 0 Å². The molecule has 0 aliphatic carbocycles. The maximum atomic E-state index is 13.4. The second-order valence-corrected chi connectivity index (χ2v) is 6.89. The Balaban J connectivity index is 1.64. The van der Waals surface area contributed by atoms with E-state index in [0.717, 1.165) is 11.9 Å². The summed E-state index contributed by atoms with van der Waals surface area (Å²) in [6, 6.07) is 5.02. The topological polar surface area (TPSA) is 111 Å². The van der Waals surface area contributed by atoms with Crippen molar-refractivity contribution in [2.24, 2.45) is 0 Å². The first-order valence-electron chi connectivity index (χ1n) is 7.96. The summed E-state index contributed by atoms with van der Waals surface area (Å²) in [6.07, 6.45) is 1.40. The Morgan fingerprint density at radius 1 is 1.52 bits per heavy atom. The van der Waals surface area contributed by atoms with E-state index in [1.165, 1.54) is 28.7 Å². The van der Waals surface area contributed by atoms with Crippen LogP contribution in [0.3, 0.4) is 0 Å². The maximum Gasteiger partial charge on any atom is 0.332 e. The summed E-state index contributed by atoms with van der Waals surface area (Å²) in [5.74, 6) is -0.484. The first-order valence-corrected chi connectivity index (χ1v) is 8.73. The molecular formula is C17H15FN6O2S. The van der Waals surface area contributed by atoms with Crippen LogP contribution in [-0.2, 0) is 4.79 Å². The highest BCUT2D eigenvalue weighted by Gasteiger charge is 2.26. The van der Waals surface area contributed by atoms with Gasteiger partial charge in [0, 0.05) is 6.20 Å². The Morgan fingerprint density at radius 2 is 2.30 bits per heavy atom. The Hall–Kier alpha value is -3.19. The fourth-order valence-corrected chi connectivity index (χ4v) is 3.33. The molecule has 8 nitrogen and oxygen atoms in total. The highest BCUT2D eigenvalue weighted by atomic mass is 32.2. The number of nitrogens with one attached hydrogen (secondary N) is 2. The Morgan fingerprint density at radius 3 is 3.00 bits per heavy atom. The lowest BCUT2D eigenvalue weighted by atomic mass is 10.2. The normalized spacial score (nSPS) is 14.0. The van der Waals surface area contributed by atoms with Gasteiger partial charge in [0.2, 0.25) is 5.91 Å². The van der Waals surface area contributed by atoms with Crippen LogP contribution in [0.5, 0.6) is 0 Å².